The Morgan fingerprint density at radius 1 is 1.24 bits per heavy atom. The van der Waals surface area contributed by atoms with Gasteiger partial charge in [0.05, 0.1) is 19.3 Å². The van der Waals surface area contributed by atoms with Gasteiger partial charge in [0.25, 0.3) is 11.5 Å². The number of H-pyrrole nitrogens is 1. The molecule has 0 aliphatic carbocycles. The lowest BCUT2D eigenvalue weighted by atomic mass is 10.0. The van der Waals surface area contributed by atoms with E-state index >= 15 is 0 Å². The van der Waals surface area contributed by atoms with Crippen molar-refractivity contribution in [1.29, 1.82) is 0 Å². The molecule has 7 nitrogen and oxygen atoms in total. The number of rotatable bonds is 5. The van der Waals surface area contributed by atoms with Gasteiger partial charge in [-0.05, 0) is 23.8 Å². The van der Waals surface area contributed by atoms with Crippen molar-refractivity contribution in [2.75, 3.05) is 32.8 Å². The molecule has 0 radical (unpaired) electrons. The number of morpholine rings is 1. The van der Waals surface area contributed by atoms with Crippen molar-refractivity contribution in [3.63, 3.8) is 0 Å². The molecule has 25 heavy (non-hydrogen) atoms. The summed E-state index contributed by atoms with van der Waals surface area (Å²) in [5, 5.41) is 8.78. The fourth-order valence-electron chi connectivity index (χ4n) is 2.78. The lowest BCUT2D eigenvalue weighted by Gasteiger charge is -2.34. The molecule has 1 atom stereocenters. The van der Waals surface area contributed by atoms with Crippen LogP contribution in [0.1, 0.15) is 22.1 Å². The Bertz CT molecular complexity index is 752. The zero-order chi connectivity index (χ0) is 17.6. The maximum Gasteiger partial charge on any atom is 0.271 e. The molecule has 8 heteroatoms. The number of aromatic nitrogens is 2. The SMILES string of the molecule is O=C(NCC(c1ccc(F)cc1)N1CCOCC1)c1ccc(=O)[nH]n1. The summed E-state index contributed by atoms with van der Waals surface area (Å²) in [5.41, 5.74) is 0.687. The molecule has 2 N–H and O–H groups in total. The van der Waals surface area contributed by atoms with Gasteiger partial charge < -0.3 is 10.1 Å². The third-order valence-corrected chi connectivity index (χ3v) is 4.11. The number of halogens is 1. The first kappa shape index (κ1) is 17.2. The zero-order valence-electron chi connectivity index (χ0n) is 13.6. The van der Waals surface area contributed by atoms with Crippen LogP contribution >= 0.6 is 0 Å². The Morgan fingerprint density at radius 3 is 2.60 bits per heavy atom. The quantitative estimate of drug-likeness (QED) is 0.833. The van der Waals surface area contributed by atoms with Crippen LogP contribution in [-0.4, -0.2) is 53.9 Å². The Labute approximate surface area is 143 Å². The number of carbonyl (C=O) groups excluding carboxylic acids is 1. The molecule has 2 aromatic rings. The molecule has 0 bridgehead atoms. The molecule has 0 spiro atoms. The summed E-state index contributed by atoms with van der Waals surface area (Å²) in [6.45, 7) is 3.04. The Kier molecular flexibility index (Phi) is 5.52. The van der Waals surface area contributed by atoms with Gasteiger partial charge in [-0.3, -0.25) is 14.5 Å². The van der Waals surface area contributed by atoms with E-state index in [1.807, 2.05) is 0 Å². The van der Waals surface area contributed by atoms with Crippen LogP contribution in [0, 0.1) is 5.82 Å². The standard InChI is InChI=1S/C17H19FN4O3/c18-13-3-1-12(2-4-13)15(22-7-9-25-10-8-22)11-19-17(24)14-5-6-16(23)21-20-14/h1-6,15H,7-11H2,(H,19,24)(H,21,23). The molecule has 2 heterocycles. The van der Waals surface area contributed by atoms with Gasteiger partial charge in [0, 0.05) is 25.7 Å². The molecule has 3 rings (SSSR count). The number of hydrogen-bond acceptors (Lipinski definition) is 5. The molecular weight excluding hydrogens is 327 g/mol. The highest BCUT2D eigenvalue weighted by Crippen LogP contribution is 2.21. The van der Waals surface area contributed by atoms with Crippen molar-refractivity contribution >= 4 is 5.91 Å². The molecule has 1 aliphatic heterocycles. The highest BCUT2D eigenvalue weighted by molar-refractivity contribution is 5.91. The van der Waals surface area contributed by atoms with Crippen molar-refractivity contribution in [3.05, 3.63) is 63.8 Å². The van der Waals surface area contributed by atoms with Crippen LogP contribution in [0.2, 0.25) is 0 Å². The predicted octanol–water partition coefficient (Wildman–Crippen LogP) is 0.712. The summed E-state index contributed by atoms with van der Waals surface area (Å²) in [6.07, 6.45) is 0. The number of hydrogen-bond donors (Lipinski definition) is 2. The van der Waals surface area contributed by atoms with E-state index < -0.39 is 0 Å². The molecule has 1 aliphatic rings. The summed E-state index contributed by atoms with van der Waals surface area (Å²) in [4.78, 5) is 25.5. The highest BCUT2D eigenvalue weighted by Gasteiger charge is 2.23. The average molecular weight is 346 g/mol. The molecule has 1 amide bonds. The second-order valence-corrected chi connectivity index (χ2v) is 5.73. The van der Waals surface area contributed by atoms with E-state index in [1.54, 1.807) is 12.1 Å². The van der Waals surface area contributed by atoms with Crippen LogP contribution < -0.4 is 10.9 Å². The molecule has 0 saturated carbocycles. The van der Waals surface area contributed by atoms with E-state index in [4.69, 9.17) is 4.74 Å². The number of carbonyl (C=O) groups is 1. The second-order valence-electron chi connectivity index (χ2n) is 5.73. The monoisotopic (exact) mass is 346 g/mol. The van der Waals surface area contributed by atoms with Crippen LogP contribution in [0.5, 0.6) is 0 Å². The van der Waals surface area contributed by atoms with Crippen LogP contribution in [0.3, 0.4) is 0 Å². The van der Waals surface area contributed by atoms with E-state index in [9.17, 15) is 14.0 Å². The minimum Gasteiger partial charge on any atom is -0.379 e. The zero-order valence-corrected chi connectivity index (χ0v) is 13.6. The lowest BCUT2D eigenvalue weighted by molar-refractivity contribution is 0.0162. The van der Waals surface area contributed by atoms with Crippen LogP contribution in [-0.2, 0) is 4.74 Å². The third kappa shape index (κ3) is 4.49. The van der Waals surface area contributed by atoms with E-state index in [1.165, 1.54) is 24.3 Å². The summed E-state index contributed by atoms with van der Waals surface area (Å²) in [5.74, 6) is -0.678. The number of ether oxygens (including phenoxy) is 1. The molecule has 132 valence electrons. The molecule has 1 saturated heterocycles. The molecule has 1 unspecified atom stereocenters. The summed E-state index contributed by atoms with van der Waals surface area (Å²) >= 11 is 0. The largest absolute Gasteiger partial charge is 0.379 e. The van der Waals surface area contributed by atoms with E-state index in [0.717, 1.165) is 18.7 Å². The van der Waals surface area contributed by atoms with E-state index in [0.29, 0.717) is 19.8 Å². The highest BCUT2D eigenvalue weighted by atomic mass is 19.1. The maximum atomic E-state index is 13.2. The topological polar surface area (TPSA) is 87.3 Å². The Hall–Kier alpha value is -2.58. The minimum absolute atomic E-state index is 0.101. The van der Waals surface area contributed by atoms with Gasteiger partial charge in [0.2, 0.25) is 0 Å². The van der Waals surface area contributed by atoms with Crippen LogP contribution in [0.4, 0.5) is 4.39 Å². The first-order valence-electron chi connectivity index (χ1n) is 8.04. The van der Waals surface area contributed by atoms with Crippen molar-refractivity contribution < 1.29 is 13.9 Å². The summed E-state index contributed by atoms with van der Waals surface area (Å²) in [7, 11) is 0. The average Bonchev–Trinajstić information content (AvgIpc) is 2.64. The first-order valence-corrected chi connectivity index (χ1v) is 8.04. The summed E-state index contributed by atoms with van der Waals surface area (Å²) in [6, 6.07) is 8.79. The van der Waals surface area contributed by atoms with Crippen molar-refractivity contribution in [1.82, 2.24) is 20.4 Å². The normalized spacial score (nSPS) is 16.4. The van der Waals surface area contributed by atoms with Crippen molar-refractivity contribution in [2.45, 2.75) is 6.04 Å². The lowest BCUT2D eigenvalue weighted by Crippen LogP contribution is -2.44. The van der Waals surface area contributed by atoms with Crippen molar-refractivity contribution in [2.24, 2.45) is 0 Å². The molecule has 1 aromatic carbocycles. The smallest absolute Gasteiger partial charge is 0.271 e. The number of amides is 1. The van der Waals surface area contributed by atoms with Gasteiger partial charge in [-0.2, -0.15) is 5.10 Å². The molecule has 1 fully saturated rings. The predicted molar refractivity (Wildman–Crippen MR) is 88.7 cm³/mol. The Morgan fingerprint density at radius 2 is 1.96 bits per heavy atom. The van der Waals surface area contributed by atoms with Gasteiger partial charge in [-0.1, -0.05) is 12.1 Å². The van der Waals surface area contributed by atoms with Crippen LogP contribution in [0.15, 0.2) is 41.2 Å². The number of benzene rings is 1. The van der Waals surface area contributed by atoms with Gasteiger partial charge in [0.15, 0.2) is 0 Å². The maximum absolute atomic E-state index is 13.2. The van der Waals surface area contributed by atoms with Crippen LogP contribution in [0.25, 0.3) is 0 Å². The molecule has 1 aromatic heterocycles. The fourth-order valence-corrected chi connectivity index (χ4v) is 2.78. The fraction of sp³-hybridized carbons (Fsp3) is 0.353. The van der Waals surface area contributed by atoms with E-state index in [-0.39, 0.29) is 29.0 Å². The first-order chi connectivity index (χ1) is 12.1. The third-order valence-electron chi connectivity index (χ3n) is 4.11. The van der Waals surface area contributed by atoms with Crippen molar-refractivity contribution in [3.8, 4) is 0 Å². The summed E-state index contributed by atoms with van der Waals surface area (Å²) < 4.78 is 18.6. The molecular formula is C17H19FN4O3. The number of nitrogens with one attached hydrogen (secondary N) is 2. The number of aromatic amines is 1. The second kappa shape index (κ2) is 8.00. The van der Waals surface area contributed by atoms with Gasteiger partial charge in [0.1, 0.15) is 11.5 Å². The minimum atomic E-state index is -0.378. The van der Waals surface area contributed by atoms with Gasteiger partial charge in [-0.15, -0.1) is 0 Å². The van der Waals surface area contributed by atoms with E-state index in [2.05, 4.69) is 20.4 Å². The Balaban J connectivity index is 1.72. The van der Waals surface area contributed by atoms with Gasteiger partial charge in [-0.25, -0.2) is 9.49 Å². The van der Waals surface area contributed by atoms with Gasteiger partial charge >= 0.3 is 0 Å². The number of nitrogens with zero attached hydrogens (tertiary/aromatic N) is 2.